The number of aliphatic hydroxyl groups is 6. The number of carbonyl (C=O) groups is 1. The van der Waals surface area contributed by atoms with Crippen LogP contribution in [-0.4, -0.2) is 97.8 Å². The highest BCUT2D eigenvalue weighted by Crippen LogP contribution is 2.22. The zero-order chi connectivity index (χ0) is 16.2. The fourth-order valence-electron chi connectivity index (χ4n) is 1.84. The maximum absolute atomic E-state index is 10.4. The van der Waals surface area contributed by atoms with Crippen molar-refractivity contribution in [3.8, 4) is 0 Å². The number of ether oxygens (including phenoxy) is 2. The van der Waals surface area contributed by atoms with E-state index >= 15 is 0 Å². The molecule has 1 fully saturated rings. The van der Waals surface area contributed by atoms with Crippen LogP contribution in [0.3, 0.4) is 0 Å². The summed E-state index contributed by atoms with van der Waals surface area (Å²) < 4.78 is 9.99. The first kappa shape index (κ1) is 18.2. The Hall–Kier alpha value is -0.850. The van der Waals surface area contributed by atoms with Crippen molar-refractivity contribution in [3.63, 3.8) is 0 Å². The Morgan fingerprint density at radius 1 is 1.14 bits per heavy atom. The number of hydrogen-bond acceptors (Lipinski definition) is 9. The lowest BCUT2D eigenvalue weighted by Crippen LogP contribution is -2.59. The van der Waals surface area contributed by atoms with Crippen LogP contribution in [0, 0.1) is 0 Å². The quantitative estimate of drug-likeness (QED) is 0.245. The molecular weight excluding hydrogens is 292 g/mol. The van der Waals surface area contributed by atoms with E-state index in [0.717, 1.165) is 0 Å². The Balaban J connectivity index is 2.48. The smallest absolute Gasteiger partial charge is 0.332 e. The molecule has 0 radical (unpaired) electrons. The lowest BCUT2D eigenvalue weighted by Gasteiger charge is -2.39. The molecule has 124 valence electrons. The third-order valence-electron chi connectivity index (χ3n) is 3.08. The van der Waals surface area contributed by atoms with Gasteiger partial charge in [-0.15, -0.1) is 0 Å². The summed E-state index contributed by atoms with van der Waals surface area (Å²) in [6.07, 6.45) is -10.9. The maximum Gasteiger partial charge on any atom is 0.332 e. The normalized spacial score (nSPS) is 36.2. The molecule has 21 heavy (non-hydrogen) atoms. The van der Waals surface area contributed by atoms with Crippen LogP contribution in [0.2, 0.25) is 0 Å². The fourth-order valence-corrected chi connectivity index (χ4v) is 1.84. The molecule has 0 amide bonds. The number of aliphatic hydroxyl groups excluding tert-OH is 6. The second-order valence-electron chi connectivity index (χ2n) is 4.77. The summed E-state index contributed by atoms with van der Waals surface area (Å²) in [6, 6.07) is 0. The van der Waals surface area contributed by atoms with Crippen LogP contribution < -0.4 is 0 Å². The van der Waals surface area contributed by atoms with Gasteiger partial charge in [-0.05, 0) is 0 Å². The first-order valence-corrected chi connectivity index (χ1v) is 6.29. The van der Waals surface area contributed by atoms with Crippen molar-refractivity contribution in [2.45, 2.75) is 49.3 Å². The molecule has 0 saturated carbocycles. The van der Waals surface area contributed by atoms with Crippen molar-refractivity contribution in [2.24, 2.45) is 0 Å². The molecule has 1 aliphatic rings. The van der Waals surface area contributed by atoms with Crippen molar-refractivity contribution in [2.75, 3.05) is 13.2 Å². The minimum absolute atomic E-state index is 0.479. The van der Waals surface area contributed by atoms with Crippen LogP contribution in [0.15, 0.2) is 0 Å². The van der Waals surface area contributed by atoms with Crippen LogP contribution in [-0.2, 0) is 14.3 Å². The third-order valence-corrected chi connectivity index (χ3v) is 3.08. The summed E-state index contributed by atoms with van der Waals surface area (Å²) in [5, 5.41) is 64.6. The number of aliphatic carboxylic acids is 1. The average Bonchev–Trinajstić information content (AvgIpc) is 2.44. The Bertz CT molecular complexity index is 335. The number of hydrogen-bond donors (Lipinski definition) is 7. The molecule has 0 aromatic carbocycles. The fraction of sp³-hybridized carbons (Fsp3) is 0.909. The second-order valence-corrected chi connectivity index (χ2v) is 4.77. The van der Waals surface area contributed by atoms with Gasteiger partial charge in [0.25, 0.3) is 0 Å². The Morgan fingerprint density at radius 3 is 2.29 bits per heavy atom. The molecule has 10 nitrogen and oxygen atoms in total. The predicted octanol–water partition coefficient (Wildman–Crippen LogP) is -4.00. The Labute approximate surface area is 119 Å². The van der Waals surface area contributed by atoms with E-state index in [9.17, 15) is 25.2 Å². The Morgan fingerprint density at radius 2 is 1.76 bits per heavy atom. The zero-order valence-corrected chi connectivity index (χ0v) is 11.0. The summed E-state index contributed by atoms with van der Waals surface area (Å²) >= 11 is 0. The standard InChI is InChI=1S/C11H20O10/c12-2-6-7(15)8(16)9(17)11(21-6)20-3-4(13)1-5(14)10(18)19/h4-9,11-17H,1-3H2,(H,18,19)/t4-,5+,6+,7-,8-,9+,11-/m0/s1. The van der Waals surface area contributed by atoms with Crippen molar-refractivity contribution in [3.05, 3.63) is 0 Å². The van der Waals surface area contributed by atoms with Crippen LogP contribution in [0.5, 0.6) is 0 Å². The van der Waals surface area contributed by atoms with E-state index in [4.69, 9.17) is 24.8 Å². The predicted molar refractivity (Wildman–Crippen MR) is 64.0 cm³/mol. The third kappa shape index (κ3) is 4.83. The summed E-state index contributed by atoms with van der Waals surface area (Å²) in [5.74, 6) is -1.50. The van der Waals surface area contributed by atoms with Gasteiger partial charge in [0.1, 0.15) is 24.4 Å². The van der Waals surface area contributed by atoms with E-state index in [-0.39, 0.29) is 0 Å². The Kier molecular flexibility index (Phi) is 6.90. The molecule has 0 bridgehead atoms. The van der Waals surface area contributed by atoms with E-state index in [1.165, 1.54) is 0 Å². The molecule has 1 saturated heterocycles. The lowest BCUT2D eigenvalue weighted by atomic mass is 9.99. The molecule has 0 spiro atoms. The molecule has 0 aromatic rings. The van der Waals surface area contributed by atoms with Gasteiger partial charge in [-0.25, -0.2) is 4.79 Å². The van der Waals surface area contributed by atoms with Gasteiger partial charge < -0.3 is 45.2 Å². The molecule has 7 atom stereocenters. The monoisotopic (exact) mass is 312 g/mol. The molecule has 1 aliphatic heterocycles. The van der Waals surface area contributed by atoms with Gasteiger partial charge in [-0.2, -0.15) is 0 Å². The van der Waals surface area contributed by atoms with E-state index < -0.39 is 68.5 Å². The van der Waals surface area contributed by atoms with Gasteiger partial charge in [0.15, 0.2) is 12.4 Å². The van der Waals surface area contributed by atoms with Gasteiger partial charge in [-0.3, -0.25) is 0 Å². The van der Waals surface area contributed by atoms with E-state index in [0.29, 0.717) is 0 Å². The van der Waals surface area contributed by atoms with E-state index in [1.54, 1.807) is 0 Å². The van der Waals surface area contributed by atoms with Crippen LogP contribution in [0.1, 0.15) is 6.42 Å². The molecule has 10 heteroatoms. The average molecular weight is 312 g/mol. The first-order chi connectivity index (χ1) is 9.77. The highest BCUT2D eigenvalue weighted by atomic mass is 16.7. The molecule has 1 heterocycles. The topological polar surface area (TPSA) is 177 Å². The largest absolute Gasteiger partial charge is 0.479 e. The minimum atomic E-state index is -1.77. The highest BCUT2D eigenvalue weighted by Gasteiger charge is 2.44. The second kappa shape index (κ2) is 7.96. The SMILES string of the molecule is O=C(O)[C@H](O)C[C@H](O)CO[C@H]1O[C@H](CO)[C@H](O)[C@H](O)[C@H]1O. The van der Waals surface area contributed by atoms with Gasteiger partial charge in [0.2, 0.25) is 0 Å². The minimum Gasteiger partial charge on any atom is -0.479 e. The highest BCUT2D eigenvalue weighted by molar-refractivity contribution is 5.71. The number of carboxylic acid groups (broad SMARTS) is 1. The molecular formula is C11H20O10. The van der Waals surface area contributed by atoms with Crippen LogP contribution in [0.4, 0.5) is 0 Å². The lowest BCUT2D eigenvalue weighted by molar-refractivity contribution is -0.304. The molecule has 1 rings (SSSR count). The molecule has 7 N–H and O–H groups in total. The van der Waals surface area contributed by atoms with Crippen LogP contribution in [0.25, 0.3) is 0 Å². The zero-order valence-electron chi connectivity index (χ0n) is 11.0. The summed E-state index contributed by atoms with van der Waals surface area (Å²) in [5.41, 5.74) is 0. The van der Waals surface area contributed by atoms with Gasteiger partial charge in [-0.1, -0.05) is 0 Å². The van der Waals surface area contributed by atoms with E-state index in [2.05, 4.69) is 0 Å². The van der Waals surface area contributed by atoms with Gasteiger partial charge in [0.05, 0.1) is 19.3 Å². The van der Waals surface area contributed by atoms with Gasteiger partial charge >= 0.3 is 5.97 Å². The summed E-state index contributed by atoms with van der Waals surface area (Å²) in [7, 11) is 0. The van der Waals surface area contributed by atoms with Crippen molar-refractivity contribution < 1.29 is 50.0 Å². The number of rotatable bonds is 7. The summed E-state index contributed by atoms with van der Waals surface area (Å²) in [6.45, 7) is -1.10. The summed E-state index contributed by atoms with van der Waals surface area (Å²) in [4.78, 5) is 10.4. The molecule has 0 aromatic heterocycles. The van der Waals surface area contributed by atoms with E-state index in [1.807, 2.05) is 0 Å². The van der Waals surface area contributed by atoms with Crippen LogP contribution >= 0.6 is 0 Å². The van der Waals surface area contributed by atoms with Crippen molar-refractivity contribution in [1.29, 1.82) is 0 Å². The molecule has 0 unspecified atom stereocenters. The van der Waals surface area contributed by atoms with Crippen molar-refractivity contribution >= 4 is 5.97 Å². The first-order valence-electron chi connectivity index (χ1n) is 6.29. The van der Waals surface area contributed by atoms with Crippen molar-refractivity contribution in [1.82, 2.24) is 0 Å². The van der Waals surface area contributed by atoms with Gasteiger partial charge in [0, 0.05) is 6.42 Å². The number of carboxylic acids is 1. The molecule has 0 aliphatic carbocycles. The maximum atomic E-state index is 10.4.